The number of hydrogen-bond acceptors (Lipinski definition) is 6. The first kappa shape index (κ1) is 27.9. The largest absolute Gasteiger partial charge is 0.492 e. The standard InChI is InChI=1S/C25H35N3O6S2/c1-19-16-20(2)18-22(17-19)28(35(4,30)31)21(3)25(29)26-12-15-34-23-8-10-24(11-9-23)36(32,33)27-13-6-5-7-14-27/h8-11,16-18,21H,5-7,12-15H2,1-4H3,(H,26,29). The van der Waals surface area contributed by atoms with Gasteiger partial charge in [0.05, 0.1) is 23.4 Å². The molecular formula is C25H35N3O6S2. The lowest BCUT2D eigenvalue weighted by Crippen LogP contribution is -2.48. The van der Waals surface area contributed by atoms with Crippen LogP contribution in [0.2, 0.25) is 0 Å². The second kappa shape index (κ2) is 11.6. The van der Waals surface area contributed by atoms with Crippen LogP contribution in [0.4, 0.5) is 5.69 Å². The number of benzene rings is 2. The van der Waals surface area contributed by atoms with Gasteiger partial charge in [0.15, 0.2) is 0 Å². The number of amides is 1. The van der Waals surface area contributed by atoms with Crippen LogP contribution in [0.1, 0.15) is 37.3 Å². The van der Waals surface area contributed by atoms with Crippen molar-refractivity contribution in [3.63, 3.8) is 0 Å². The number of sulfonamides is 2. The molecule has 1 aliphatic heterocycles. The van der Waals surface area contributed by atoms with Gasteiger partial charge in [-0.1, -0.05) is 12.5 Å². The fourth-order valence-corrected chi connectivity index (χ4v) is 7.02. The second-order valence-corrected chi connectivity index (χ2v) is 13.0. The van der Waals surface area contributed by atoms with Gasteiger partial charge in [0.25, 0.3) is 0 Å². The van der Waals surface area contributed by atoms with Crippen LogP contribution in [0, 0.1) is 13.8 Å². The summed E-state index contributed by atoms with van der Waals surface area (Å²) in [6, 6.07) is 10.7. The monoisotopic (exact) mass is 537 g/mol. The van der Waals surface area contributed by atoms with E-state index < -0.39 is 32.0 Å². The van der Waals surface area contributed by atoms with Gasteiger partial charge >= 0.3 is 0 Å². The number of aryl methyl sites for hydroxylation is 2. The van der Waals surface area contributed by atoms with Gasteiger partial charge in [-0.05, 0) is 81.1 Å². The maximum Gasteiger partial charge on any atom is 0.243 e. The minimum atomic E-state index is -3.71. The SMILES string of the molecule is Cc1cc(C)cc(N(C(C)C(=O)NCCOc2ccc(S(=O)(=O)N3CCCCC3)cc2)S(C)(=O)=O)c1. The van der Waals surface area contributed by atoms with Crippen molar-refractivity contribution in [3.8, 4) is 5.75 Å². The van der Waals surface area contributed by atoms with Crippen molar-refractivity contribution in [1.82, 2.24) is 9.62 Å². The van der Waals surface area contributed by atoms with Crippen LogP contribution >= 0.6 is 0 Å². The van der Waals surface area contributed by atoms with Crippen LogP contribution in [0.3, 0.4) is 0 Å². The van der Waals surface area contributed by atoms with Crippen LogP contribution in [0.15, 0.2) is 47.4 Å². The third-order valence-corrected chi connectivity index (χ3v) is 9.15. The van der Waals surface area contributed by atoms with E-state index in [2.05, 4.69) is 5.32 Å². The predicted molar refractivity (Wildman–Crippen MR) is 140 cm³/mol. The summed E-state index contributed by atoms with van der Waals surface area (Å²) in [4.78, 5) is 13.0. The smallest absolute Gasteiger partial charge is 0.243 e. The van der Waals surface area contributed by atoms with E-state index in [9.17, 15) is 21.6 Å². The molecule has 11 heteroatoms. The summed E-state index contributed by atoms with van der Waals surface area (Å²) in [5.74, 6) is 0.0223. The molecule has 0 radical (unpaired) electrons. The van der Waals surface area contributed by atoms with Crippen LogP contribution in [-0.4, -0.2) is 65.6 Å². The average molecular weight is 538 g/mol. The summed E-state index contributed by atoms with van der Waals surface area (Å²) in [5, 5.41) is 2.71. The van der Waals surface area contributed by atoms with Gasteiger partial charge in [0.1, 0.15) is 18.4 Å². The van der Waals surface area contributed by atoms with E-state index in [1.165, 1.54) is 23.4 Å². The minimum Gasteiger partial charge on any atom is -0.492 e. The fourth-order valence-electron chi connectivity index (χ4n) is 4.34. The Bertz CT molecular complexity index is 1250. The lowest BCUT2D eigenvalue weighted by molar-refractivity contribution is -0.121. The number of rotatable bonds is 10. The van der Waals surface area contributed by atoms with E-state index in [0.29, 0.717) is 24.5 Å². The Hall–Kier alpha value is -2.63. The Balaban J connectivity index is 1.56. The van der Waals surface area contributed by atoms with Crippen LogP contribution < -0.4 is 14.4 Å². The number of carbonyl (C=O) groups excluding carboxylic acids is 1. The molecule has 0 aromatic heterocycles. The number of nitrogens with zero attached hydrogens (tertiary/aromatic N) is 2. The molecule has 36 heavy (non-hydrogen) atoms. The van der Waals surface area contributed by atoms with Crippen molar-refractivity contribution in [2.45, 2.75) is 51.0 Å². The third-order valence-electron chi connectivity index (χ3n) is 6.00. The Kier molecular flexibility index (Phi) is 9.02. The van der Waals surface area contributed by atoms with E-state index in [-0.39, 0.29) is 18.0 Å². The number of hydrogen-bond donors (Lipinski definition) is 1. The first-order valence-electron chi connectivity index (χ1n) is 12.0. The molecule has 2 aromatic rings. The van der Waals surface area contributed by atoms with Crippen LogP contribution in [0.5, 0.6) is 5.75 Å². The molecule has 0 spiro atoms. The zero-order chi connectivity index (χ0) is 26.5. The van der Waals surface area contributed by atoms with Crippen LogP contribution in [-0.2, 0) is 24.8 Å². The van der Waals surface area contributed by atoms with Crippen molar-refractivity contribution < 1.29 is 26.4 Å². The summed E-state index contributed by atoms with van der Waals surface area (Å²) in [6.07, 6.45) is 3.87. The van der Waals surface area contributed by atoms with E-state index >= 15 is 0 Å². The van der Waals surface area contributed by atoms with Gasteiger partial charge in [-0.2, -0.15) is 4.31 Å². The molecular weight excluding hydrogens is 502 g/mol. The highest BCUT2D eigenvalue weighted by Gasteiger charge is 2.29. The average Bonchev–Trinajstić information content (AvgIpc) is 2.81. The van der Waals surface area contributed by atoms with E-state index in [1.54, 1.807) is 24.3 Å². The summed E-state index contributed by atoms with van der Waals surface area (Å²) in [7, 11) is -7.21. The highest BCUT2D eigenvalue weighted by Crippen LogP contribution is 2.24. The number of anilines is 1. The zero-order valence-electron chi connectivity index (χ0n) is 21.2. The van der Waals surface area contributed by atoms with E-state index in [4.69, 9.17) is 4.74 Å². The molecule has 0 aliphatic carbocycles. The second-order valence-electron chi connectivity index (χ2n) is 9.16. The minimum absolute atomic E-state index is 0.138. The zero-order valence-corrected chi connectivity index (χ0v) is 22.9. The number of carbonyl (C=O) groups is 1. The van der Waals surface area contributed by atoms with Gasteiger partial charge in [-0.25, -0.2) is 16.8 Å². The Morgan fingerprint density at radius 3 is 2.14 bits per heavy atom. The van der Waals surface area contributed by atoms with Crippen molar-refractivity contribution in [1.29, 1.82) is 0 Å². The van der Waals surface area contributed by atoms with Crippen molar-refractivity contribution >= 4 is 31.6 Å². The fraction of sp³-hybridized carbons (Fsp3) is 0.480. The molecule has 1 unspecified atom stereocenters. The normalized spacial score (nSPS) is 15.8. The molecule has 1 atom stereocenters. The molecule has 0 saturated carbocycles. The first-order valence-corrected chi connectivity index (χ1v) is 15.3. The highest BCUT2D eigenvalue weighted by atomic mass is 32.2. The number of piperidine rings is 1. The lowest BCUT2D eigenvalue weighted by Gasteiger charge is -2.28. The molecule has 1 aliphatic rings. The molecule has 0 bridgehead atoms. The molecule has 1 heterocycles. The van der Waals surface area contributed by atoms with Crippen molar-refractivity contribution in [3.05, 3.63) is 53.6 Å². The van der Waals surface area contributed by atoms with Crippen molar-refractivity contribution in [2.75, 3.05) is 36.8 Å². The van der Waals surface area contributed by atoms with Crippen molar-refractivity contribution in [2.24, 2.45) is 0 Å². The van der Waals surface area contributed by atoms with Gasteiger partial charge in [-0.15, -0.1) is 0 Å². The summed E-state index contributed by atoms with van der Waals surface area (Å²) >= 11 is 0. The first-order chi connectivity index (χ1) is 16.9. The topological polar surface area (TPSA) is 113 Å². The Morgan fingerprint density at radius 1 is 1.00 bits per heavy atom. The predicted octanol–water partition coefficient (Wildman–Crippen LogP) is 2.83. The van der Waals surface area contributed by atoms with Crippen LogP contribution in [0.25, 0.3) is 0 Å². The molecule has 3 rings (SSSR count). The van der Waals surface area contributed by atoms with E-state index in [1.807, 2.05) is 19.9 Å². The highest BCUT2D eigenvalue weighted by molar-refractivity contribution is 7.92. The molecule has 1 fully saturated rings. The maximum atomic E-state index is 12.8. The van der Waals surface area contributed by atoms with E-state index in [0.717, 1.165) is 41.0 Å². The molecule has 198 valence electrons. The number of nitrogens with one attached hydrogen (secondary N) is 1. The maximum absolute atomic E-state index is 12.8. The lowest BCUT2D eigenvalue weighted by atomic mass is 10.1. The third kappa shape index (κ3) is 6.98. The Labute approximate surface area is 214 Å². The van der Waals surface area contributed by atoms with Gasteiger partial charge in [0, 0.05) is 13.1 Å². The molecule has 9 nitrogen and oxygen atoms in total. The van der Waals surface area contributed by atoms with Gasteiger partial charge in [0.2, 0.25) is 26.0 Å². The molecule has 1 amide bonds. The van der Waals surface area contributed by atoms with Gasteiger partial charge in [-0.3, -0.25) is 9.10 Å². The number of ether oxygens (including phenoxy) is 1. The quantitative estimate of drug-likeness (QED) is 0.467. The Morgan fingerprint density at radius 2 is 1.58 bits per heavy atom. The van der Waals surface area contributed by atoms with Gasteiger partial charge < -0.3 is 10.1 Å². The summed E-state index contributed by atoms with van der Waals surface area (Å²) in [5.41, 5.74) is 2.23. The summed E-state index contributed by atoms with van der Waals surface area (Å²) in [6.45, 7) is 6.65. The molecule has 2 aromatic carbocycles. The molecule has 1 N–H and O–H groups in total. The summed E-state index contributed by atoms with van der Waals surface area (Å²) < 4.78 is 58.8. The molecule has 1 saturated heterocycles.